The van der Waals surface area contributed by atoms with E-state index in [9.17, 15) is 30.3 Å². The molecule has 0 unspecified atom stereocenters. The van der Waals surface area contributed by atoms with Crippen LogP contribution in [-0.2, 0) is 14.3 Å². The third-order valence-electron chi connectivity index (χ3n) is 6.21. The van der Waals surface area contributed by atoms with Crippen LogP contribution in [-0.4, -0.2) is 81.8 Å². The largest absolute Gasteiger partial charge is 0.395 e. The summed E-state index contributed by atoms with van der Waals surface area (Å²) < 4.78 is 10.9. The number of Topliss-reactive ketones (excluding diaryl/α,β-unsaturated/α-hetero) is 1. The fourth-order valence-corrected chi connectivity index (χ4v) is 4.53. The van der Waals surface area contributed by atoms with Crippen molar-refractivity contribution < 1.29 is 39.8 Å². The third kappa shape index (κ3) is 2.52. The van der Waals surface area contributed by atoms with Crippen molar-refractivity contribution in [2.75, 3.05) is 19.8 Å². The van der Waals surface area contributed by atoms with Gasteiger partial charge in [0.15, 0.2) is 6.29 Å². The van der Waals surface area contributed by atoms with Gasteiger partial charge in [0.05, 0.1) is 30.7 Å². The number of rotatable bonds is 5. The zero-order chi connectivity index (χ0) is 17.7. The summed E-state index contributed by atoms with van der Waals surface area (Å²) in [6, 6.07) is 0. The molecule has 1 saturated heterocycles. The van der Waals surface area contributed by atoms with E-state index in [1.54, 1.807) is 6.92 Å². The number of hydrogen-bond donors (Lipinski definition) is 5. The van der Waals surface area contributed by atoms with E-state index in [0.29, 0.717) is 12.8 Å². The van der Waals surface area contributed by atoms with E-state index < -0.39 is 48.1 Å². The van der Waals surface area contributed by atoms with E-state index in [-0.39, 0.29) is 24.9 Å². The molecule has 0 aromatic carbocycles. The van der Waals surface area contributed by atoms with Gasteiger partial charge in [0.1, 0.15) is 30.2 Å². The van der Waals surface area contributed by atoms with Crippen molar-refractivity contribution in [3.63, 3.8) is 0 Å². The highest BCUT2D eigenvalue weighted by molar-refractivity contribution is 5.94. The Hall–Kier alpha value is -0.610. The maximum atomic E-state index is 12.8. The molecule has 5 N–H and O–H groups in total. The van der Waals surface area contributed by atoms with Crippen LogP contribution in [0.1, 0.15) is 26.2 Å². The van der Waals surface area contributed by atoms with Gasteiger partial charge in [0.25, 0.3) is 0 Å². The van der Waals surface area contributed by atoms with E-state index >= 15 is 0 Å². The van der Waals surface area contributed by atoms with Crippen LogP contribution in [0.25, 0.3) is 0 Å². The van der Waals surface area contributed by atoms with Crippen LogP contribution in [0.15, 0.2) is 0 Å². The van der Waals surface area contributed by atoms with Gasteiger partial charge in [-0.15, -0.1) is 0 Å². The molecule has 8 atom stereocenters. The zero-order valence-corrected chi connectivity index (χ0v) is 13.7. The van der Waals surface area contributed by atoms with Crippen molar-refractivity contribution in [2.24, 2.45) is 16.7 Å². The number of carbonyl (C=O) groups is 1. The number of ether oxygens (including phenoxy) is 2. The minimum absolute atomic E-state index is 0.0130. The van der Waals surface area contributed by atoms with Crippen LogP contribution in [0.5, 0.6) is 0 Å². The van der Waals surface area contributed by atoms with Crippen LogP contribution < -0.4 is 0 Å². The predicted molar refractivity (Wildman–Crippen MR) is 79.7 cm³/mol. The minimum Gasteiger partial charge on any atom is -0.395 e. The van der Waals surface area contributed by atoms with Crippen LogP contribution in [0.3, 0.4) is 0 Å². The first-order valence-corrected chi connectivity index (χ1v) is 8.37. The van der Waals surface area contributed by atoms with Gasteiger partial charge in [-0.3, -0.25) is 4.79 Å². The fourth-order valence-electron chi connectivity index (χ4n) is 4.53. The van der Waals surface area contributed by atoms with Gasteiger partial charge in [0.2, 0.25) is 0 Å². The van der Waals surface area contributed by atoms with Crippen molar-refractivity contribution in [1.29, 1.82) is 0 Å². The minimum atomic E-state index is -1.51. The summed E-state index contributed by atoms with van der Waals surface area (Å²) >= 11 is 0. The van der Waals surface area contributed by atoms with Crippen molar-refractivity contribution in [3.8, 4) is 0 Å². The van der Waals surface area contributed by atoms with Crippen LogP contribution >= 0.6 is 0 Å². The predicted octanol–water partition coefficient (Wildman–Crippen LogP) is -1.83. The summed E-state index contributed by atoms with van der Waals surface area (Å²) in [6.45, 7) is 1.08. The van der Waals surface area contributed by atoms with Gasteiger partial charge in [-0.25, -0.2) is 0 Å². The Morgan fingerprint density at radius 3 is 2.50 bits per heavy atom. The Morgan fingerprint density at radius 2 is 1.92 bits per heavy atom. The Bertz CT molecular complexity index is 496. The molecule has 0 amide bonds. The van der Waals surface area contributed by atoms with E-state index in [2.05, 4.69) is 0 Å². The molecular weight excluding hydrogens is 320 g/mol. The number of ketones is 1. The SMILES string of the molecule is C[C@@]1(CO[C@@H]2O[C@H](CO)[C@@H](O)[C@H](O)[C@H]2O)C(=O)[C@@]2(CO)CC[C@@H]1C2. The fraction of sp³-hybridized carbons (Fsp3) is 0.938. The monoisotopic (exact) mass is 346 g/mol. The molecule has 138 valence electrons. The topological polar surface area (TPSA) is 137 Å². The maximum absolute atomic E-state index is 12.8. The maximum Gasteiger partial charge on any atom is 0.186 e. The van der Waals surface area contributed by atoms with Gasteiger partial charge in [-0.1, -0.05) is 6.92 Å². The van der Waals surface area contributed by atoms with Crippen LogP contribution in [0.4, 0.5) is 0 Å². The number of carbonyl (C=O) groups excluding carboxylic acids is 1. The van der Waals surface area contributed by atoms with Gasteiger partial charge in [-0.2, -0.15) is 0 Å². The molecule has 3 fully saturated rings. The summed E-state index contributed by atoms with van der Waals surface area (Å²) in [6.07, 6.45) is -4.56. The molecule has 1 heterocycles. The highest BCUT2D eigenvalue weighted by Crippen LogP contribution is 2.60. The normalized spacial score (nSPS) is 51.3. The summed E-state index contributed by atoms with van der Waals surface area (Å²) in [5, 5.41) is 48.4. The molecule has 0 aromatic rings. The molecular formula is C16H26O8. The highest BCUT2D eigenvalue weighted by atomic mass is 16.7. The van der Waals surface area contributed by atoms with Gasteiger partial charge in [-0.05, 0) is 25.2 Å². The van der Waals surface area contributed by atoms with Crippen molar-refractivity contribution >= 4 is 5.78 Å². The molecule has 2 bridgehead atoms. The molecule has 2 saturated carbocycles. The lowest BCUT2D eigenvalue weighted by Gasteiger charge is -2.42. The first kappa shape index (κ1) is 18.2. The highest BCUT2D eigenvalue weighted by Gasteiger charge is 2.63. The van der Waals surface area contributed by atoms with E-state index in [1.165, 1.54) is 0 Å². The average molecular weight is 346 g/mol. The summed E-state index contributed by atoms with van der Waals surface area (Å²) in [5.41, 5.74) is -1.46. The smallest absolute Gasteiger partial charge is 0.186 e. The van der Waals surface area contributed by atoms with E-state index in [0.717, 1.165) is 6.42 Å². The molecule has 8 heteroatoms. The Kier molecular flexibility index (Phi) is 4.76. The molecule has 8 nitrogen and oxygen atoms in total. The van der Waals surface area contributed by atoms with E-state index in [1.807, 2.05) is 0 Å². The summed E-state index contributed by atoms with van der Waals surface area (Å²) in [7, 11) is 0. The summed E-state index contributed by atoms with van der Waals surface area (Å²) in [4.78, 5) is 12.8. The first-order chi connectivity index (χ1) is 11.3. The van der Waals surface area contributed by atoms with Gasteiger partial charge >= 0.3 is 0 Å². The Morgan fingerprint density at radius 1 is 1.21 bits per heavy atom. The quantitative estimate of drug-likeness (QED) is 0.392. The second-order valence-electron chi connectivity index (χ2n) is 7.63. The lowest BCUT2D eigenvalue weighted by atomic mass is 9.70. The Balaban J connectivity index is 1.68. The number of hydrogen-bond acceptors (Lipinski definition) is 8. The standard InChI is InChI=1S/C16H26O8/c1-15(8-2-3-16(4-8,6-18)14(15)22)7-23-13-12(21)11(20)10(19)9(5-17)24-13/h8-13,17-21H,2-7H2,1H3/t8-,9-,10-,11+,12-,13-,15+,16+/m1/s1. The van der Waals surface area contributed by atoms with Crippen molar-refractivity contribution in [2.45, 2.75) is 56.9 Å². The molecule has 2 aliphatic carbocycles. The average Bonchev–Trinajstić information content (AvgIpc) is 3.11. The molecule has 0 spiro atoms. The molecule has 3 rings (SSSR count). The zero-order valence-electron chi connectivity index (χ0n) is 13.7. The number of aliphatic hydroxyl groups excluding tert-OH is 5. The van der Waals surface area contributed by atoms with Gasteiger partial charge < -0.3 is 35.0 Å². The van der Waals surface area contributed by atoms with E-state index in [4.69, 9.17) is 9.47 Å². The van der Waals surface area contributed by atoms with Crippen molar-refractivity contribution in [3.05, 3.63) is 0 Å². The molecule has 0 aromatic heterocycles. The third-order valence-corrected chi connectivity index (χ3v) is 6.21. The number of aliphatic hydroxyl groups is 5. The molecule has 0 radical (unpaired) electrons. The molecule has 1 aliphatic heterocycles. The lowest BCUT2D eigenvalue weighted by Crippen LogP contribution is -2.59. The second-order valence-corrected chi connectivity index (χ2v) is 7.63. The Labute approximate surface area is 140 Å². The summed E-state index contributed by atoms with van der Waals surface area (Å²) in [5.74, 6) is 0.0698. The molecule has 3 aliphatic rings. The molecule has 24 heavy (non-hydrogen) atoms. The first-order valence-electron chi connectivity index (χ1n) is 8.37. The van der Waals surface area contributed by atoms with Crippen molar-refractivity contribution in [1.82, 2.24) is 0 Å². The number of fused-ring (bicyclic) bond motifs is 2. The lowest BCUT2D eigenvalue weighted by molar-refractivity contribution is -0.305. The van der Waals surface area contributed by atoms with Crippen LogP contribution in [0.2, 0.25) is 0 Å². The van der Waals surface area contributed by atoms with Crippen LogP contribution in [0, 0.1) is 16.7 Å². The van der Waals surface area contributed by atoms with Gasteiger partial charge in [0, 0.05) is 0 Å². The second kappa shape index (κ2) is 6.28.